The number of imide groups is 1. The lowest BCUT2D eigenvalue weighted by Gasteiger charge is -2.17. The van der Waals surface area contributed by atoms with Crippen LogP contribution >= 0.6 is 0 Å². The molecular formula is C16H15F3N4O4. The van der Waals surface area contributed by atoms with Crippen LogP contribution < -0.4 is 0 Å². The fourth-order valence-corrected chi connectivity index (χ4v) is 2.87. The molecule has 1 heterocycles. The van der Waals surface area contributed by atoms with E-state index in [0.29, 0.717) is 4.90 Å². The quantitative estimate of drug-likeness (QED) is 0.255. The lowest BCUT2D eigenvalue weighted by molar-refractivity contribution is -0.154. The van der Waals surface area contributed by atoms with Crippen molar-refractivity contribution in [3.05, 3.63) is 45.8 Å². The number of amides is 2. The summed E-state index contributed by atoms with van der Waals surface area (Å²) >= 11 is 0. The topological polar surface area (TPSA) is 112 Å². The van der Waals surface area contributed by atoms with Crippen molar-refractivity contribution < 1.29 is 32.3 Å². The summed E-state index contributed by atoms with van der Waals surface area (Å²) in [5, 5.41) is 3.07. The van der Waals surface area contributed by atoms with Gasteiger partial charge in [-0.15, -0.1) is 0 Å². The number of carbonyl (C=O) groups is 3. The molecule has 11 heteroatoms. The van der Waals surface area contributed by atoms with Gasteiger partial charge in [-0.1, -0.05) is 23.3 Å². The predicted molar refractivity (Wildman–Crippen MR) is 85.0 cm³/mol. The fourth-order valence-electron chi connectivity index (χ4n) is 2.87. The number of esters is 1. The SMILES string of the molecule is CCOC(=O)C1C(=O)N(C(=O)CN=[N+]=[N-])CC1c1cccc(C(F)(F)F)c1. The minimum Gasteiger partial charge on any atom is -0.465 e. The molecule has 1 fully saturated rings. The first-order valence-corrected chi connectivity index (χ1v) is 7.89. The average Bonchev–Trinajstić information content (AvgIpc) is 2.96. The van der Waals surface area contributed by atoms with Gasteiger partial charge in [0, 0.05) is 17.4 Å². The molecule has 2 rings (SSSR count). The molecule has 8 nitrogen and oxygen atoms in total. The Hall–Kier alpha value is -3.07. The van der Waals surface area contributed by atoms with Crippen molar-refractivity contribution in [1.82, 2.24) is 4.90 Å². The summed E-state index contributed by atoms with van der Waals surface area (Å²) in [5.41, 5.74) is 7.44. The van der Waals surface area contributed by atoms with E-state index in [1.54, 1.807) is 0 Å². The zero-order valence-corrected chi connectivity index (χ0v) is 14.1. The lowest BCUT2D eigenvalue weighted by atomic mass is 9.87. The van der Waals surface area contributed by atoms with Crippen LogP contribution in [0.25, 0.3) is 10.4 Å². The van der Waals surface area contributed by atoms with Crippen LogP contribution in [0.1, 0.15) is 24.0 Å². The molecule has 2 amide bonds. The molecule has 1 aromatic rings. The maximum absolute atomic E-state index is 13.0. The van der Waals surface area contributed by atoms with E-state index in [2.05, 4.69) is 10.0 Å². The molecule has 144 valence electrons. The Labute approximate surface area is 151 Å². The number of hydrogen-bond acceptors (Lipinski definition) is 5. The van der Waals surface area contributed by atoms with E-state index < -0.39 is 47.9 Å². The van der Waals surface area contributed by atoms with E-state index in [4.69, 9.17) is 10.3 Å². The van der Waals surface area contributed by atoms with Gasteiger partial charge >= 0.3 is 12.1 Å². The predicted octanol–water partition coefficient (Wildman–Crippen LogP) is 2.65. The maximum atomic E-state index is 13.0. The van der Waals surface area contributed by atoms with Crippen LogP contribution in [-0.4, -0.2) is 42.4 Å². The monoisotopic (exact) mass is 384 g/mol. The highest BCUT2D eigenvalue weighted by molar-refractivity contribution is 6.08. The van der Waals surface area contributed by atoms with Gasteiger partial charge in [-0.2, -0.15) is 13.2 Å². The van der Waals surface area contributed by atoms with Gasteiger partial charge in [-0.3, -0.25) is 19.3 Å². The number of nitrogens with zero attached hydrogens (tertiary/aromatic N) is 4. The van der Waals surface area contributed by atoms with Crippen LogP contribution in [0.5, 0.6) is 0 Å². The number of alkyl halides is 3. The molecule has 0 bridgehead atoms. The van der Waals surface area contributed by atoms with Gasteiger partial charge in [0.25, 0.3) is 0 Å². The Kier molecular flexibility index (Phi) is 6.06. The van der Waals surface area contributed by atoms with Crippen LogP contribution in [0.15, 0.2) is 29.4 Å². The molecule has 0 spiro atoms. The molecule has 1 aliphatic rings. The van der Waals surface area contributed by atoms with Crippen LogP contribution in [0.4, 0.5) is 13.2 Å². The second-order valence-corrected chi connectivity index (χ2v) is 5.69. The smallest absolute Gasteiger partial charge is 0.416 e. The Bertz CT molecular complexity index is 805. The summed E-state index contributed by atoms with van der Waals surface area (Å²) in [4.78, 5) is 39.9. The third kappa shape index (κ3) is 4.37. The highest BCUT2D eigenvalue weighted by Crippen LogP contribution is 2.37. The van der Waals surface area contributed by atoms with Gasteiger partial charge in [0.15, 0.2) is 0 Å². The van der Waals surface area contributed by atoms with Crippen molar-refractivity contribution in [2.45, 2.75) is 19.0 Å². The fraction of sp³-hybridized carbons (Fsp3) is 0.438. The number of azide groups is 1. The van der Waals surface area contributed by atoms with Gasteiger partial charge in [-0.25, -0.2) is 0 Å². The van der Waals surface area contributed by atoms with E-state index in [0.717, 1.165) is 18.2 Å². The molecule has 0 aromatic heterocycles. The number of carbonyl (C=O) groups excluding carboxylic acids is 3. The van der Waals surface area contributed by atoms with Gasteiger partial charge in [0.1, 0.15) is 12.5 Å². The van der Waals surface area contributed by atoms with Crippen LogP contribution in [0.2, 0.25) is 0 Å². The molecule has 2 atom stereocenters. The Balaban J connectivity index is 2.42. The van der Waals surface area contributed by atoms with Crippen molar-refractivity contribution in [2.24, 2.45) is 11.0 Å². The van der Waals surface area contributed by atoms with E-state index in [1.165, 1.54) is 13.0 Å². The number of halogens is 3. The van der Waals surface area contributed by atoms with E-state index in [-0.39, 0.29) is 18.7 Å². The summed E-state index contributed by atoms with van der Waals surface area (Å²) in [7, 11) is 0. The zero-order chi connectivity index (χ0) is 20.2. The van der Waals surface area contributed by atoms with Crippen molar-refractivity contribution >= 4 is 17.8 Å². The highest BCUT2D eigenvalue weighted by atomic mass is 19.4. The molecule has 1 aliphatic heterocycles. The van der Waals surface area contributed by atoms with Crippen molar-refractivity contribution in [1.29, 1.82) is 0 Å². The number of benzene rings is 1. The summed E-state index contributed by atoms with van der Waals surface area (Å²) in [6.07, 6.45) is -4.60. The number of ether oxygens (including phenoxy) is 1. The minimum absolute atomic E-state index is 0.0371. The third-order valence-corrected chi connectivity index (χ3v) is 4.07. The number of likely N-dealkylation sites (tertiary alicyclic amines) is 1. The van der Waals surface area contributed by atoms with Gasteiger partial charge in [0.2, 0.25) is 11.8 Å². The number of rotatable bonds is 5. The Morgan fingerprint density at radius 2 is 2.11 bits per heavy atom. The molecule has 2 unspecified atom stereocenters. The summed E-state index contributed by atoms with van der Waals surface area (Å²) in [5.74, 6) is -5.13. The molecule has 0 radical (unpaired) electrons. The first kappa shape index (κ1) is 20.2. The van der Waals surface area contributed by atoms with Crippen LogP contribution in [0.3, 0.4) is 0 Å². The largest absolute Gasteiger partial charge is 0.465 e. The van der Waals surface area contributed by atoms with Crippen molar-refractivity contribution in [3.8, 4) is 0 Å². The zero-order valence-electron chi connectivity index (χ0n) is 14.1. The molecule has 0 saturated carbocycles. The summed E-state index contributed by atoms with van der Waals surface area (Å²) in [6, 6.07) is 4.21. The van der Waals surface area contributed by atoms with Gasteiger partial charge in [0.05, 0.1) is 12.2 Å². The second kappa shape index (κ2) is 8.09. The van der Waals surface area contributed by atoms with Crippen molar-refractivity contribution in [2.75, 3.05) is 19.7 Å². The van der Waals surface area contributed by atoms with E-state index in [9.17, 15) is 27.6 Å². The number of hydrogen-bond donors (Lipinski definition) is 0. The highest BCUT2D eigenvalue weighted by Gasteiger charge is 2.48. The Morgan fingerprint density at radius 1 is 1.41 bits per heavy atom. The standard InChI is InChI=1S/C16H15F3N4O4/c1-2-27-15(26)13-11(8-23(14(13)25)12(24)7-21-22-20)9-4-3-5-10(6-9)16(17,18)19/h3-6,11,13H,2,7-8H2,1H3. The molecule has 0 aliphatic carbocycles. The van der Waals surface area contributed by atoms with Crippen molar-refractivity contribution in [3.63, 3.8) is 0 Å². The van der Waals surface area contributed by atoms with Gasteiger partial charge in [-0.05, 0) is 24.1 Å². The Morgan fingerprint density at radius 3 is 2.70 bits per heavy atom. The molecule has 1 aromatic carbocycles. The first-order chi connectivity index (χ1) is 12.7. The van der Waals surface area contributed by atoms with E-state index in [1.807, 2.05) is 0 Å². The van der Waals surface area contributed by atoms with E-state index >= 15 is 0 Å². The molecule has 0 N–H and O–H groups in total. The van der Waals surface area contributed by atoms with Gasteiger partial charge < -0.3 is 4.74 Å². The second-order valence-electron chi connectivity index (χ2n) is 5.69. The normalized spacial score (nSPS) is 19.6. The minimum atomic E-state index is -4.60. The maximum Gasteiger partial charge on any atom is 0.416 e. The van der Waals surface area contributed by atoms with Crippen LogP contribution in [0, 0.1) is 5.92 Å². The third-order valence-electron chi connectivity index (χ3n) is 4.07. The average molecular weight is 384 g/mol. The molecular weight excluding hydrogens is 369 g/mol. The van der Waals surface area contributed by atoms with Crippen LogP contribution in [-0.2, 0) is 25.3 Å². The molecule has 1 saturated heterocycles. The summed E-state index contributed by atoms with van der Waals surface area (Å²) < 4.78 is 43.8. The summed E-state index contributed by atoms with van der Waals surface area (Å²) in [6.45, 7) is 0.516. The lowest BCUT2D eigenvalue weighted by Crippen LogP contribution is -2.37. The first-order valence-electron chi connectivity index (χ1n) is 7.89. The molecule has 27 heavy (non-hydrogen) atoms.